The number of pyridine rings is 2. The molecule has 8 aromatic rings. The highest BCUT2D eigenvalue weighted by atomic mass is 16.5. The number of ether oxygens (including phenoxy) is 1. The normalized spacial score (nSPS) is 12.6. The molecule has 54 heavy (non-hydrogen) atoms. The van der Waals surface area contributed by atoms with Gasteiger partial charge in [0, 0.05) is 57.8 Å². The van der Waals surface area contributed by atoms with Gasteiger partial charge in [-0.05, 0) is 53.9 Å². The first-order chi connectivity index (χ1) is 25.5. The summed E-state index contributed by atoms with van der Waals surface area (Å²) in [5.74, 6) is -0.408. The van der Waals surface area contributed by atoms with E-state index in [-0.39, 0.29) is 34.8 Å². The largest absolute Gasteiger partial charge is 0.494 e. The molecule has 0 aliphatic rings. The van der Waals surface area contributed by atoms with Crippen molar-refractivity contribution in [2.45, 2.75) is 106 Å². The number of fused-ring (bicyclic) bond motifs is 10. The van der Waals surface area contributed by atoms with Crippen molar-refractivity contribution in [1.82, 2.24) is 19.1 Å². The van der Waals surface area contributed by atoms with Crippen molar-refractivity contribution in [3.8, 4) is 5.88 Å². The number of hydrogen-bond donors (Lipinski definition) is 2. The predicted molar refractivity (Wildman–Crippen MR) is 220 cm³/mol. The quantitative estimate of drug-likeness (QED) is 0.134. The predicted octanol–water partition coefficient (Wildman–Crippen LogP) is 8.73. The Morgan fingerprint density at radius 1 is 0.704 bits per heavy atom. The average Bonchev–Trinajstić information content (AvgIpc) is 3.66. The number of aromatic nitrogens is 4. The topological polar surface area (TPSA) is 136 Å². The zero-order valence-electron chi connectivity index (χ0n) is 32.8. The molecule has 8 rings (SSSR count). The van der Waals surface area contributed by atoms with E-state index in [2.05, 4.69) is 69.5 Å². The van der Waals surface area contributed by atoms with Crippen LogP contribution in [0.3, 0.4) is 0 Å². The number of carbonyl (C=O) groups excluding carboxylic acids is 1. The van der Waals surface area contributed by atoms with Gasteiger partial charge in [-0.1, -0.05) is 79.7 Å². The molecule has 0 radical (unpaired) electrons. The minimum Gasteiger partial charge on any atom is -0.494 e. The van der Waals surface area contributed by atoms with Crippen molar-refractivity contribution < 1.29 is 14.6 Å². The highest BCUT2D eigenvalue weighted by molar-refractivity contribution is 6.44. The number of esters is 1. The van der Waals surface area contributed by atoms with Crippen molar-refractivity contribution >= 4 is 81.9 Å². The lowest BCUT2D eigenvalue weighted by atomic mass is 9.86. The van der Waals surface area contributed by atoms with Crippen LogP contribution in [0.25, 0.3) is 75.9 Å². The highest BCUT2D eigenvalue weighted by Gasteiger charge is 2.31. The van der Waals surface area contributed by atoms with E-state index in [0.717, 1.165) is 27.4 Å². The third-order valence-corrected chi connectivity index (χ3v) is 10.6. The zero-order valence-corrected chi connectivity index (χ0v) is 32.8. The van der Waals surface area contributed by atoms with Gasteiger partial charge in [-0.2, -0.15) is 0 Å². The molecule has 4 aromatic heterocycles. The molecule has 0 amide bonds. The Balaban J connectivity index is 0.000000695. The summed E-state index contributed by atoms with van der Waals surface area (Å²) in [6, 6.07) is 12.3. The van der Waals surface area contributed by atoms with Gasteiger partial charge >= 0.3 is 5.97 Å². The minimum absolute atomic E-state index is 0.129. The molecule has 0 saturated heterocycles. The maximum absolute atomic E-state index is 14.6. The van der Waals surface area contributed by atoms with Crippen LogP contribution in [0.2, 0.25) is 0 Å². The van der Waals surface area contributed by atoms with Crippen LogP contribution in [-0.4, -0.2) is 36.8 Å². The molecule has 0 bridgehead atoms. The number of rotatable bonds is 5. The molecule has 4 aromatic carbocycles. The van der Waals surface area contributed by atoms with Crippen LogP contribution >= 0.6 is 0 Å². The second-order valence-corrected chi connectivity index (χ2v) is 16.4. The molecule has 0 saturated carbocycles. The molecule has 280 valence electrons. The van der Waals surface area contributed by atoms with E-state index in [1.54, 1.807) is 6.92 Å². The number of benzene rings is 4. The third kappa shape index (κ3) is 5.40. The van der Waals surface area contributed by atoms with Gasteiger partial charge in [0.1, 0.15) is 0 Å². The fourth-order valence-corrected chi connectivity index (χ4v) is 8.04. The van der Waals surface area contributed by atoms with Crippen molar-refractivity contribution in [3.05, 3.63) is 78.6 Å². The number of nitrogens with one attached hydrogen (secondary N) is 1. The Labute approximate surface area is 312 Å². The number of nitrogens with zero attached hydrogens (tertiary/aromatic N) is 3. The van der Waals surface area contributed by atoms with Crippen LogP contribution in [0.1, 0.15) is 93.2 Å². The van der Waals surface area contributed by atoms with Crippen LogP contribution in [0.5, 0.6) is 5.88 Å². The van der Waals surface area contributed by atoms with Crippen molar-refractivity contribution in [1.29, 1.82) is 0 Å². The van der Waals surface area contributed by atoms with E-state index in [0.29, 0.717) is 85.6 Å². The fraction of sp³-hybridized carbons (Fsp3) is 0.386. The lowest BCUT2D eigenvalue weighted by molar-refractivity contribution is -0.140. The summed E-state index contributed by atoms with van der Waals surface area (Å²) in [7, 11) is 0. The Hall–Kier alpha value is -5.51. The Morgan fingerprint density at radius 3 is 1.80 bits per heavy atom. The summed E-state index contributed by atoms with van der Waals surface area (Å²) in [4.78, 5) is 62.4. The number of carbonyl (C=O) groups is 1. The number of aromatic hydroxyl groups is 1. The molecule has 0 atom stereocenters. The summed E-state index contributed by atoms with van der Waals surface area (Å²) in [6.45, 7) is 21.0. The fourth-order valence-electron chi connectivity index (χ4n) is 8.04. The van der Waals surface area contributed by atoms with E-state index in [9.17, 15) is 24.3 Å². The maximum Gasteiger partial charge on any atom is 0.302 e. The van der Waals surface area contributed by atoms with Gasteiger partial charge in [0.05, 0.1) is 44.7 Å². The zero-order chi connectivity index (χ0) is 39.2. The van der Waals surface area contributed by atoms with Crippen LogP contribution in [-0.2, 0) is 33.5 Å². The first-order valence-electron chi connectivity index (χ1n) is 18.9. The molecule has 10 heteroatoms. The van der Waals surface area contributed by atoms with Crippen LogP contribution in [0, 0.1) is 0 Å². The summed E-state index contributed by atoms with van der Waals surface area (Å²) >= 11 is 0. The molecule has 4 heterocycles. The number of hydrogen-bond acceptors (Lipinski definition) is 7. The average molecular weight is 729 g/mol. The highest BCUT2D eigenvalue weighted by Crippen LogP contribution is 2.48. The van der Waals surface area contributed by atoms with Gasteiger partial charge in [-0.25, -0.2) is 4.98 Å². The smallest absolute Gasteiger partial charge is 0.302 e. The van der Waals surface area contributed by atoms with Crippen LogP contribution in [0.4, 0.5) is 0 Å². The molecule has 0 aliphatic heterocycles. The van der Waals surface area contributed by atoms with Crippen molar-refractivity contribution in [2.24, 2.45) is 0 Å². The summed E-state index contributed by atoms with van der Waals surface area (Å²) in [5.41, 5.74) is 3.27. The Morgan fingerprint density at radius 2 is 1.24 bits per heavy atom. The monoisotopic (exact) mass is 728 g/mol. The SMILES string of the molecule is CCCn1c(O)c2c3nc4cc(C(C)(C)C)ccc4c3c3c(=O)n(CCC)c(=O)c4c5c6ccc(C(C)(C)C)cc6[nH]c5c(c1=O)c2c34.CCOC(C)=O. The van der Waals surface area contributed by atoms with E-state index >= 15 is 0 Å². The first-order valence-corrected chi connectivity index (χ1v) is 18.9. The first kappa shape index (κ1) is 36.8. The van der Waals surface area contributed by atoms with Crippen molar-refractivity contribution in [3.63, 3.8) is 0 Å². The molecule has 10 nitrogen and oxygen atoms in total. The maximum atomic E-state index is 14.6. The van der Waals surface area contributed by atoms with Gasteiger partial charge < -0.3 is 14.8 Å². The van der Waals surface area contributed by atoms with Crippen molar-refractivity contribution in [2.75, 3.05) is 6.61 Å². The lowest BCUT2D eigenvalue weighted by Crippen LogP contribution is -2.33. The van der Waals surface area contributed by atoms with Gasteiger partial charge in [0.2, 0.25) is 5.88 Å². The number of H-pyrrole nitrogens is 1. The molecule has 2 N–H and O–H groups in total. The van der Waals surface area contributed by atoms with Crippen LogP contribution in [0.15, 0.2) is 50.8 Å². The Bertz CT molecular complexity index is 2960. The molecular weight excluding hydrogens is 681 g/mol. The van der Waals surface area contributed by atoms with E-state index in [1.807, 2.05) is 32.0 Å². The van der Waals surface area contributed by atoms with Crippen LogP contribution < -0.4 is 16.7 Å². The van der Waals surface area contributed by atoms with E-state index in [1.165, 1.54) is 16.1 Å². The standard InChI is InChI=1S/C40H40N4O4.C4H8O2/c1-9-15-43-35(45)29-25-21-13-11-19(39(3,4)5)17-23(21)41-33(25)31-28-27(29)30(36(43)46)26-22-14-12-20(40(6,7)8)18-24(22)42-34(26)32(28)38(48)44(16-10-2)37(31)47;1-3-6-4(2)5/h11-14,17-18,41,48H,9-10,15-16H2,1-8H3;3H2,1-2H3. The van der Waals surface area contributed by atoms with E-state index in [4.69, 9.17) is 4.98 Å². The molecule has 0 fully saturated rings. The third-order valence-electron chi connectivity index (χ3n) is 10.6. The summed E-state index contributed by atoms with van der Waals surface area (Å²) in [5, 5.41) is 17.2. The summed E-state index contributed by atoms with van der Waals surface area (Å²) in [6.07, 6.45) is 1.21. The van der Waals surface area contributed by atoms with E-state index < -0.39 is 11.1 Å². The van der Waals surface area contributed by atoms with Gasteiger partial charge in [-0.15, -0.1) is 0 Å². The second kappa shape index (κ2) is 12.8. The molecule has 0 spiro atoms. The second-order valence-electron chi connectivity index (χ2n) is 16.4. The van der Waals surface area contributed by atoms with Gasteiger partial charge in [0.15, 0.2) is 0 Å². The van der Waals surface area contributed by atoms with Gasteiger partial charge in [-0.3, -0.25) is 28.3 Å². The lowest BCUT2D eigenvalue weighted by Gasteiger charge is -2.19. The molecular formula is C44H48N4O6. The minimum atomic E-state index is -0.400. The molecule has 0 unspecified atom stereocenters. The number of aromatic amines is 1. The molecule has 0 aliphatic carbocycles. The summed E-state index contributed by atoms with van der Waals surface area (Å²) < 4.78 is 7.17. The van der Waals surface area contributed by atoms with Gasteiger partial charge in [0.25, 0.3) is 16.7 Å². The Kier molecular flexibility index (Phi) is 8.74.